The number of ether oxygens (including phenoxy) is 1. The van der Waals surface area contributed by atoms with Crippen molar-refractivity contribution in [2.75, 3.05) is 7.11 Å². The van der Waals surface area contributed by atoms with Gasteiger partial charge in [0.2, 0.25) is 0 Å². The number of hydrogen-bond donors (Lipinski definition) is 1. The van der Waals surface area contributed by atoms with Crippen molar-refractivity contribution in [3.8, 4) is 16.2 Å². The largest absolute Gasteiger partial charge is 0.497 e. The first-order valence-corrected chi connectivity index (χ1v) is 10.5. The molecule has 1 saturated heterocycles. The first-order chi connectivity index (χ1) is 13.6. The molecule has 0 bridgehead atoms. The molecule has 140 valence electrons. The van der Waals surface area contributed by atoms with Gasteiger partial charge in [-0.15, -0.1) is 11.3 Å². The van der Waals surface area contributed by atoms with Gasteiger partial charge in [-0.1, -0.05) is 35.9 Å². The third-order valence-corrected chi connectivity index (χ3v) is 6.14. The van der Waals surface area contributed by atoms with Gasteiger partial charge in [-0.2, -0.15) is 0 Å². The molecular formula is C21H15ClN2O2S2. The van der Waals surface area contributed by atoms with E-state index in [2.05, 4.69) is 10.3 Å². The van der Waals surface area contributed by atoms with Crippen LogP contribution in [0.5, 0.6) is 5.75 Å². The first kappa shape index (κ1) is 18.8. The predicted octanol–water partition coefficient (Wildman–Crippen LogP) is 5.97. The van der Waals surface area contributed by atoms with Crippen molar-refractivity contribution in [1.29, 1.82) is 0 Å². The molecule has 3 aromatic rings. The highest BCUT2D eigenvalue weighted by Gasteiger charge is 2.23. The average Bonchev–Trinajstić information content (AvgIpc) is 3.30. The predicted molar refractivity (Wildman–Crippen MR) is 119 cm³/mol. The summed E-state index contributed by atoms with van der Waals surface area (Å²) < 4.78 is 5.15. The number of nitrogens with zero attached hydrogens (tertiary/aromatic N) is 1. The zero-order valence-electron chi connectivity index (χ0n) is 14.8. The van der Waals surface area contributed by atoms with Crippen LogP contribution >= 0.6 is 34.7 Å². The van der Waals surface area contributed by atoms with E-state index >= 15 is 0 Å². The number of amides is 1. The molecule has 1 aliphatic rings. The lowest BCUT2D eigenvalue weighted by Gasteiger charge is -1.99. The van der Waals surface area contributed by atoms with Gasteiger partial charge in [-0.05, 0) is 59.3 Å². The zero-order valence-corrected chi connectivity index (χ0v) is 17.2. The van der Waals surface area contributed by atoms with E-state index in [0.29, 0.717) is 15.1 Å². The molecule has 4 rings (SSSR count). The fourth-order valence-electron chi connectivity index (χ4n) is 2.60. The Morgan fingerprint density at radius 1 is 1.11 bits per heavy atom. The molecule has 0 atom stereocenters. The lowest BCUT2D eigenvalue weighted by molar-refractivity contribution is -0.115. The monoisotopic (exact) mass is 426 g/mol. The SMILES string of the molecule is COc1ccc(/C=C2\SC(=Nc3csc(-c4ccc(Cl)cc4)c3)NC2=O)cc1. The van der Waals surface area contributed by atoms with Crippen molar-refractivity contribution in [2.24, 2.45) is 4.99 Å². The van der Waals surface area contributed by atoms with Crippen LogP contribution in [0, 0.1) is 0 Å². The van der Waals surface area contributed by atoms with Gasteiger partial charge >= 0.3 is 0 Å². The Kier molecular flexibility index (Phi) is 5.52. The summed E-state index contributed by atoms with van der Waals surface area (Å²) in [6, 6.07) is 17.2. The van der Waals surface area contributed by atoms with Crippen molar-refractivity contribution in [2.45, 2.75) is 0 Å². The van der Waals surface area contributed by atoms with Gasteiger partial charge in [-0.25, -0.2) is 4.99 Å². The van der Waals surface area contributed by atoms with Gasteiger partial charge in [0.25, 0.3) is 5.91 Å². The van der Waals surface area contributed by atoms with Crippen LogP contribution in [0.2, 0.25) is 5.02 Å². The molecule has 1 aliphatic heterocycles. The van der Waals surface area contributed by atoms with Crippen LogP contribution in [0.3, 0.4) is 0 Å². The first-order valence-electron chi connectivity index (χ1n) is 8.39. The number of methoxy groups -OCH3 is 1. The van der Waals surface area contributed by atoms with Crippen molar-refractivity contribution in [3.63, 3.8) is 0 Å². The average molecular weight is 427 g/mol. The van der Waals surface area contributed by atoms with Gasteiger partial charge in [0, 0.05) is 15.3 Å². The van der Waals surface area contributed by atoms with Gasteiger partial charge < -0.3 is 10.1 Å². The summed E-state index contributed by atoms with van der Waals surface area (Å²) in [5.41, 5.74) is 2.83. The number of halogens is 1. The molecule has 0 unspecified atom stereocenters. The number of carbonyl (C=O) groups excluding carboxylic acids is 1. The van der Waals surface area contributed by atoms with Crippen LogP contribution < -0.4 is 10.1 Å². The summed E-state index contributed by atoms with van der Waals surface area (Å²) in [5.74, 6) is 0.634. The second kappa shape index (κ2) is 8.22. The minimum absolute atomic E-state index is 0.146. The molecule has 4 nitrogen and oxygen atoms in total. The standard InChI is InChI=1S/C21H15ClN2O2S2/c1-26-17-8-2-13(3-9-17)10-19-20(25)24-21(28-19)23-16-11-18(27-12-16)14-4-6-15(22)7-5-14/h2-12H,1H3,(H,23,24,25)/b19-10-. The molecule has 2 heterocycles. The van der Waals surface area contributed by atoms with E-state index in [4.69, 9.17) is 16.3 Å². The molecular weight excluding hydrogens is 412 g/mol. The molecule has 0 saturated carbocycles. The summed E-state index contributed by atoms with van der Waals surface area (Å²) in [4.78, 5) is 18.5. The van der Waals surface area contributed by atoms with Gasteiger partial charge in [0.05, 0.1) is 17.7 Å². The van der Waals surface area contributed by atoms with E-state index < -0.39 is 0 Å². The molecule has 0 aliphatic carbocycles. The number of carbonyl (C=O) groups is 1. The molecule has 0 radical (unpaired) electrons. The van der Waals surface area contributed by atoms with E-state index in [1.165, 1.54) is 11.8 Å². The second-order valence-electron chi connectivity index (χ2n) is 5.93. The fourth-order valence-corrected chi connectivity index (χ4v) is 4.40. The number of amidine groups is 1. The highest BCUT2D eigenvalue weighted by Crippen LogP contribution is 2.34. The number of hydrogen-bond acceptors (Lipinski definition) is 5. The van der Waals surface area contributed by atoms with E-state index in [1.807, 2.05) is 66.1 Å². The maximum Gasteiger partial charge on any atom is 0.264 e. The van der Waals surface area contributed by atoms with Crippen molar-refractivity contribution in [1.82, 2.24) is 5.32 Å². The Hall–Kier alpha value is -2.54. The van der Waals surface area contributed by atoms with Crippen molar-refractivity contribution in [3.05, 3.63) is 75.5 Å². The molecule has 0 spiro atoms. The molecule has 1 N–H and O–H groups in total. The van der Waals surface area contributed by atoms with E-state index in [-0.39, 0.29) is 5.91 Å². The summed E-state index contributed by atoms with van der Waals surface area (Å²) in [6.45, 7) is 0. The topological polar surface area (TPSA) is 50.7 Å². The number of rotatable bonds is 4. The Morgan fingerprint density at radius 3 is 2.57 bits per heavy atom. The molecule has 1 fully saturated rings. The van der Waals surface area contributed by atoms with Gasteiger partial charge in [0.1, 0.15) is 5.75 Å². The Bertz CT molecular complexity index is 1070. The lowest BCUT2D eigenvalue weighted by Crippen LogP contribution is -2.19. The summed E-state index contributed by atoms with van der Waals surface area (Å²) in [6.07, 6.45) is 1.84. The highest BCUT2D eigenvalue weighted by molar-refractivity contribution is 8.18. The number of thiophene rings is 1. The van der Waals surface area contributed by atoms with Crippen molar-refractivity contribution >= 4 is 57.5 Å². The smallest absolute Gasteiger partial charge is 0.264 e. The number of benzene rings is 2. The molecule has 2 aromatic carbocycles. The second-order valence-corrected chi connectivity index (χ2v) is 8.31. The third kappa shape index (κ3) is 4.30. The maximum absolute atomic E-state index is 12.2. The van der Waals surface area contributed by atoms with Gasteiger partial charge in [0.15, 0.2) is 5.17 Å². The molecule has 7 heteroatoms. The number of thioether (sulfide) groups is 1. The van der Waals surface area contributed by atoms with Crippen LogP contribution in [0.25, 0.3) is 16.5 Å². The highest BCUT2D eigenvalue weighted by atomic mass is 35.5. The zero-order chi connectivity index (χ0) is 19.5. The van der Waals surface area contributed by atoms with Crippen LogP contribution in [-0.2, 0) is 4.79 Å². The third-order valence-electron chi connectivity index (χ3n) is 4.01. The lowest BCUT2D eigenvalue weighted by atomic mass is 10.2. The maximum atomic E-state index is 12.2. The van der Waals surface area contributed by atoms with Gasteiger partial charge in [-0.3, -0.25) is 4.79 Å². The fraction of sp³-hybridized carbons (Fsp3) is 0.0476. The van der Waals surface area contributed by atoms with E-state index in [0.717, 1.165) is 27.4 Å². The minimum Gasteiger partial charge on any atom is -0.497 e. The molecule has 1 aromatic heterocycles. The summed E-state index contributed by atoms with van der Waals surface area (Å²) in [7, 11) is 1.62. The minimum atomic E-state index is -0.146. The van der Waals surface area contributed by atoms with Crippen LogP contribution in [0.4, 0.5) is 5.69 Å². The van der Waals surface area contributed by atoms with Crippen molar-refractivity contribution < 1.29 is 9.53 Å². The molecule has 28 heavy (non-hydrogen) atoms. The molecule has 1 amide bonds. The number of nitrogens with one attached hydrogen (secondary N) is 1. The van der Waals surface area contributed by atoms with E-state index in [1.54, 1.807) is 18.4 Å². The summed E-state index contributed by atoms with van der Waals surface area (Å²) >= 11 is 8.88. The summed E-state index contributed by atoms with van der Waals surface area (Å²) in [5, 5.41) is 6.07. The van der Waals surface area contributed by atoms with E-state index in [9.17, 15) is 4.79 Å². The normalized spacial score (nSPS) is 16.6. The van der Waals surface area contributed by atoms with Crippen LogP contribution in [0.15, 0.2) is 69.9 Å². The van der Waals surface area contributed by atoms with Crippen LogP contribution in [0.1, 0.15) is 5.56 Å². The van der Waals surface area contributed by atoms with Crippen LogP contribution in [-0.4, -0.2) is 18.2 Å². The number of aliphatic imine (C=N–C) groups is 1. The Labute approximate surface area is 175 Å². The Balaban J connectivity index is 1.51. The Morgan fingerprint density at radius 2 is 1.86 bits per heavy atom. The quantitative estimate of drug-likeness (QED) is 0.523.